The van der Waals surface area contributed by atoms with Gasteiger partial charge in [-0.2, -0.15) is 0 Å². The quantitative estimate of drug-likeness (QED) is 0.922. The lowest BCUT2D eigenvalue weighted by Crippen LogP contribution is -2.48. The first-order valence-electron chi connectivity index (χ1n) is 7.95. The number of rotatable bonds is 4. The smallest absolute Gasteiger partial charge is 0.287 e. The Morgan fingerprint density at radius 3 is 2.71 bits per heavy atom. The maximum Gasteiger partial charge on any atom is 0.287 e. The normalized spacial score (nSPS) is 19.9. The van der Waals surface area contributed by atoms with Crippen LogP contribution in [0.3, 0.4) is 0 Å². The Bertz CT molecular complexity index is 699. The summed E-state index contributed by atoms with van der Waals surface area (Å²) in [6.45, 7) is 4.11. The molecule has 0 spiro atoms. The second kappa shape index (κ2) is 7.38. The van der Waals surface area contributed by atoms with Gasteiger partial charge in [0, 0.05) is 23.7 Å². The van der Waals surface area contributed by atoms with Gasteiger partial charge in [0.2, 0.25) is 0 Å². The Hall–Kier alpha value is -1.82. The van der Waals surface area contributed by atoms with Crippen molar-refractivity contribution in [3.63, 3.8) is 0 Å². The Labute approximate surface area is 146 Å². The zero-order chi connectivity index (χ0) is 17.1. The molecule has 2 heterocycles. The summed E-state index contributed by atoms with van der Waals surface area (Å²) in [6, 6.07) is 8.97. The number of nitrogens with zero attached hydrogens (tertiary/aromatic N) is 1. The summed E-state index contributed by atoms with van der Waals surface area (Å²) in [5, 5.41) is 3.72. The van der Waals surface area contributed by atoms with E-state index in [-0.39, 0.29) is 18.1 Å². The van der Waals surface area contributed by atoms with Crippen molar-refractivity contribution in [2.45, 2.75) is 19.1 Å². The maximum atomic E-state index is 12.6. The number of halogens is 1. The molecule has 0 aliphatic carbocycles. The third kappa shape index (κ3) is 3.80. The van der Waals surface area contributed by atoms with Crippen LogP contribution in [0.5, 0.6) is 0 Å². The average molecular weight is 349 g/mol. The fourth-order valence-electron chi connectivity index (χ4n) is 2.89. The summed E-state index contributed by atoms with van der Waals surface area (Å²) in [7, 11) is 2.05. The number of carbonyl (C=O) groups is 1. The van der Waals surface area contributed by atoms with Gasteiger partial charge >= 0.3 is 0 Å². The average Bonchev–Trinajstić information content (AvgIpc) is 2.99. The van der Waals surface area contributed by atoms with E-state index in [1.807, 2.05) is 38.2 Å². The van der Waals surface area contributed by atoms with Crippen LogP contribution in [0.25, 0.3) is 0 Å². The molecule has 1 aliphatic heterocycles. The van der Waals surface area contributed by atoms with Gasteiger partial charge in [-0.3, -0.25) is 4.79 Å². The van der Waals surface area contributed by atoms with Gasteiger partial charge in [-0.25, -0.2) is 0 Å². The molecular formula is C18H21ClN2O3. The SMILES string of the molecule is Cc1ccoc1C(=O)N[C@@H](c1ccc(Cl)cc1)[C@H]1CN(C)CCO1. The van der Waals surface area contributed by atoms with E-state index in [0.29, 0.717) is 17.4 Å². The summed E-state index contributed by atoms with van der Waals surface area (Å²) < 4.78 is 11.2. The second-order valence-corrected chi connectivity index (χ2v) is 6.54. The van der Waals surface area contributed by atoms with Crippen molar-refractivity contribution in [3.8, 4) is 0 Å². The van der Waals surface area contributed by atoms with Gasteiger partial charge in [0.25, 0.3) is 5.91 Å². The van der Waals surface area contributed by atoms with Gasteiger partial charge in [0.05, 0.1) is 25.0 Å². The first-order valence-corrected chi connectivity index (χ1v) is 8.33. The van der Waals surface area contributed by atoms with E-state index >= 15 is 0 Å². The number of likely N-dealkylation sites (N-methyl/N-ethyl adjacent to an activating group) is 1. The van der Waals surface area contributed by atoms with E-state index in [0.717, 1.165) is 24.2 Å². The Kier molecular flexibility index (Phi) is 5.23. The van der Waals surface area contributed by atoms with Gasteiger partial charge in [0.15, 0.2) is 5.76 Å². The number of carbonyl (C=O) groups excluding carboxylic acids is 1. The highest BCUT2D eigenvalue weighted by molar-refractivity contribution is 6.30. The van der Waals surface area contributed by atoms with Gasteiger partial charge in [-0.1, -0.05) is 23.7 Å². The number of aryl methyl sites for hydroxylation is 1. The lowest BCUT2D eigenvalue weighted by Gasteiger charge is -2.35. The van der Waals surface area contributed by atoms with Crippen LogP contribution in [0.4, 0.5) is 0 Å². The number of amides is 1. The minimum atomic E-state index is -0.276. The molecule has 2 atom stereocenters. The van der Waals surface area contributed by atoms with Crippen molar-refractivity contribution in [3.05, 3.63) is 58.5 Å². The third-order valence-corrected chi connectivity index (χ3v) is 4.50. The number of furan rings is 1. The number of ether oxygens (including phenoxy) is 1. The van der Waals surface area contributed by atoms with Crippen molar-refractivity contribution in [2.24, 2.45) is 0 Å². The van der Waals surface area contributed by atoms with Crippen molar-refractivity contribution in [2.75, 3.05) is 26.7 Å². The molecule has 2 aromatic rings. The summed E-state index contributed by atoms with van der Waals surface area (Å²) in [5.74, 6) is 0.0902. The summed E-state index contributed by atoms with van der Waals surface area (Å²) in [4.78, 5) is 14.8. The van der Waals surface area contributed by atoms with Gasteiger partial charge in [-0.05, 0) is 37.7 Å². The molecule has 0 bridgehead atoms. The molecule has 1 amide bonds. The first kappa shape index (κ1) is 17.0. The van der Waals surface area contributed by atoms with Crippen molar-refractivity contribution in [1.82, 2.24) is 10.2 Å². The minimum Gasteiger partial charge on any atom is -0.459 e. The molecule has 1 aromatic carbocycles. The fraction of sp³-hybridized carbons (Fsp3) is 0.389. The summed E-state index contributed by atoms with van der Waals surface area (Å²) in [5.41, 5.74) is 1.77. The Morgan fingerprint density at radius 1 is 1.33 bits per heavy atom. The molecule has 24 heavy (non-hydrogen) atoms. The molecule has 1 fully saturated rings. The molecule has 0 unspecified atom stereocenters. The molecule has 1 N–H and O–H groups in total. The highest BCUT2D eigenvalue weighted by atomic mass is 35.5. The molecule has 0 radical (unpaired) electrons. The third-order valence-electron chi connectivity index (χ3n) is 4.25. The van der Waals surface area contributed by atoms with Crippen LogP contribution in [0.15, 0.2) is 41.0 Å². The number of benzene rings is 1. The summed E-state index contributed by atoms with van der Waals surface area (Å²) in [6.07, 6.45) is 1.39. The van der Waals surface area contributed by atoms with Crippen LogP contribution in [0, 0.1) is 6.92 Å². The Morgan fingerprint density at radius 2 is 2.08 bits per heavy atom. The topological polar surface area (TPSA) is 54.7 Å². The number of hydrogen-bond acceptors (Lipinski definition) is 4. The molecule has 128 valence electrons. The van der Waals surface area contributed by atoms with E-state index in [4.69, 9.17) is 20.8 Å². The van der Waals surface area contributed by atoms with E-state index in [1.165, 1.54) is 6.26 Å². The van der Waals surface area contributed by atoms with Crippen LogP contribution in [-0.4, -0.2) is 43.7 Å². The second-order valence-electron chi connectivity index (χ2n) is 6.11. The molecule has 0 saturated carbocycles. The number of morpholine rings is 1. The van der Waals surface area contributed by atoms with Gasteiger partial charge in [-0.15, -0.1) is 0 Å². The van der Waals surface area contributed by atoms with Crippen LogP contribution in [0.1, 0.15) is 27.7 Å². The molecule has 3 rings (SSSR count). The lowest BCUT2D eigenvalue weighted by molar-refractivity contribution is -0.0382. The van der Waals surface area contributed by atoms with E-state index in [2.05, 4.69) is 10.2 Å². The van der Waals surface area contributed by atoms with Crippen LogP contribution in [-0.2, 0) is 4.74 Å². The monoisotopic (exact) mass is 348 g/mol. The van der Waals surface area contributed by atoms with E-state index in [9.17, 15) is 4.79 Å². The fourth-order valence-corrected chi connectivity index (χ4v) is 3.01. The van der Waals surface area contributed by atoms with Crippen LogP contribution >= 0.6 is 11.6 Å². The molecule has 6 heteroatoms. The van der Waals surface area contributed by atoms with Crippen LogP contribution < -0.4 is 5.32 Å². The molecule has 1 aromatic heterocycles. The zero-order valence-electron chi connectivity index (χ0n) is 13.8. The largest absolute Gasteiger partial charge is 0.459 e. The highest BCUT2D eigenvalue weighted by Gasteiger charge is 2.30. The standard InChI is InChI=1S/C18H21ClN2O3/c1-12-7-9-24-17(12)18(22)20-16(13-3-5-14(19)6-4-13)15-11-21(2)8-10-23-15/h3-7,9,15-16H,8,10-11H2,1-2H3,(H,20,22)/t15-,16+/m1/s1. The summed E-state index contributed by atoms with van der Waals surface area (Å²) >= 11 is 5.99. The molecular weight excluding hydrogens is 328 g/mol. The van der Waals surface area contributed by atoms with E-state index < -0.39 is 0 Å². The molecule has 1 aliphatic rings. The molecule has 5 nitrogen and oxygen atoms in total. The predicted octanol–water partition coefficient (Wildman–Crippen LogP) is 3.04. The van der Waals surface area contributed by atoms with Crippen molar-refractivity contribution < 1.29 is 13.9 Å². The number of hydrogen-bond donors (Lipinski definition) is 1. The zero-order valence-corrected chi connectivity index (χ0v) is 14.5. The maximum absolute atomic E-state index is 12.6. The lowest BCUT2D eigenvalue weighted by atomic mass is 9.99. The Balaban J connectivity index is 1.85. The van der Waals surface area contributed by atoms with E-state index in [1.54, 1.807) is 6.07 Å². The van der Waals surface area contributed by atoms with Crippen molar-refractivity contribution in [1.29, 1.82) is 0 Å². The van der Waals surface area contributed by atoms with Crippen LogP contribution in [0.2, 0.25) is 5.02 Å². The highest BCUT2D eigenvalue weighted by Crippen LogP contribution is 2.24. The minimum absolute atomic E-state index is 0.135. The molecule has 1 saturated heterocycles. The van der Waals surface area contributed by atoms with Gasteiger partial charge in [0.1, 0.15) is 0 Å². The predicted molar refractivity (Wildman–Crippen MR) is 92.3 cm³/mol. The first-order chi connectivity index (χ1) is 11.5. The van der Waals surface area contributed by atoms with Crippen molar-refractivity contribution >= 4 is 17.5 Å². The number of nitrogens with one attached hydrogen (secondary N) is 1. The van der Waals surface area contributed by atoms with Gasteiger partial charge < -0.3 is 19.4 Å².